The van der Waals surface area contributed by atoms with Crippen LogP contribution >= 0.6 is 0 Å². The highest BCUT2D eigenvalue weighted by Crippen LogP contribution is 2.28. The normalized spacial score (nSPS) is 12.5. The van der Waals surface area contributed by atoms with E-state index in [1.54, 1.807) is 0 Å². The van der Waals surface area contributed by atoms with Crippen molar-refractivity contribution in [1.29, 1.82) is 0 Å². The molecule has 1 aromatic heterocycles. The van der Waals surface area contributed by atoms with Gasteiger partial charge in [-0.05, 0) is 32.4 Å². The lowest BCUT2D eigenvalue weighted by molar-refractivity contribution is 0.481. The Balaban J connectivity index is 2.40. The lowest BCUT2D eigenvalue weighted by Gasteiger charge is -2.16. The highest BCUT2D eigenvalue weighted by molar-refractivity contribution is 5.94. The monoisotopic (exact) mass is 307 g/mol. The summed E-state index contributed by atoms with van der Waals surface area (Å²) in [6.45, 7) is 6.42. The molecule has 0 saturated carbocycles. The van der Waals surface area contributed by atoms with E-state index in [0.717, 1.165) is 22.2 Å². The highest BCUT2D eigenvalue weighted by atomic mass is 16.1. The number of benzene rings is 2. The van der Waals surface area contributed by atoms with Gasteiger partial charge in [0.1, 0.15) is 0 Å². The standard InChI is InChI=1S/C19H21N3O/c1-12-8-9-15(13(2)10-12)18-16-6-4-5-7-17(16)19(23)22(21-18)14(3)11-20/h4-10,14H,11,20H2,1-3H3. The molecule has 0 aliphatic heterocycles. The number of rotatable bonds is 3. The highest BCUT2D eigenvalue weighted by Gasteiger charge is 2.16. The molecule has 0 amide bonds. The molecular weight excluding hydrogens is 286 g/mol. The smallest absolute Gasteiger partial charge is 0.274 e. The van der Waals surface area contributed by atoms with E-state index in [4.69, 9.17) is 5.73 Å². The number of nitrogens with two attached hydrogens (primary N) is 1. The van der Waals surface area contributed by atoms with E-state index >= 15 is 0 Å². The fraction of sp³-hybridized carbons (Fsp3) is 0.263. The topological polar surface area (TPSA) is 60.9 Å². The van der Waals surface area contributed by atoms with Gasteiger partial charge >= 0.3 is 0 Å². The predicted molar refractivity (Wildman–Crippen MR) is 94.7 cm³/mol. The molecule has 2 N–H and O–H groups in total. The fourth-order valence-electron chi connectivity index (χ4n) is 2.88. The zero-order chi connectivity index (χ0) is 16.6. The number of fused-ring (bicyclic) bond motifs is 1. The van der Waals surface area contributed by atoms with Crippen molar-refractivity contribution in [3.05, 3.63) is 63.9 Å². The van der Waals surface area contributed by atoms with Gasteiger partial charge in [-0.1, -0.05) is 42.0 Å². The van der Waals surface area contributed by atoms with E-state index in [2.05, 4.69) is 37.1 Å². The predicted octanol–water partition coefficient (Wildman–Crippen LogP) is 3.20. The van der Waals surface area contributed by atoms with Gasteiger partial charge < -0.3 is 5.73 Å². The van der Waals surface area contributed by atoms with Crippen LogP contribution in [0.5, 0.6) is 0 Å². The first-order chi connectivity index (χ1) is 11.0. The molecule has 0 aliphatic carbocycles. The summed E-state index contributed by atoms with van der Waals surface area (Å²) in [7, 11) is 0. The Morgan fingerprint density at radius 2 is 1.83 bits per heavy atom. The van der Waals surface area contributed by atoms with E-state index in [9.17, 15) is 4.79 Å². The second kappa shape index (κ2) is 5.97. The molecule has 0 radical (unpaired) electrons. The summed E-state index contributed by atoms with van der Waals surface area (Å²) >= 11 is 0. The summed E-state index contributed by atoms with van der Waals surface area (Å²) < 4.78 is 1.51. The molecule has 1 unspecified atom stereocenters. The Hall–Kier alpha value is -2.46. The summed E-state index contributed by atoms with van der Waals surface area (Å²) in [5, 5.41) is 6.21. The van der Waals surface area contributed by atoms with Crippen LogP contribution in [0.3, 0.4) is 0 Å². The van der Waals surface area contributed by atoms with Gasteiger partial charge in [-0.3, -0.25) is 4.79 Å². The maximum Gasteiger partial charge on any atom is 0.274 e. The quantitative estimate of drug-likeness (QED) is 0.808. The van der Waals surface area contributed by atoms with Crippen molar-refractivity contribution in [3.8, 4) is 11.3 Å². The third-order valence-electron chi connectivity index (χ3n) is 4.22. The molecule has 0 aliphatic rings. The second-order valence-electron chi connectivity index (χ2n) is 6.05. The zero-order valence-corrected chi connectivity index (χ0v) is 13.7. The van der Waals surface area contributed by atoms with Crippen LogP contribution in [0, 0.1) is 13.8 Å². The Morgan fingerprint density at radius 3 is 2.48 bits per heavy atom. The lowest BCUT2D eigenvalue weighted by atomic mass is 9.99. The van der Waals surface area contributed by atoms with E-state index in [1.807, 2.05) is 31.2 Å². The molecule has 1 atom stereocenters. The van der Waals surface area contributed by atoms with Crippen LogP contribution < -0.4 is 11.3 Å². The maximum absolute atomic E-state index is 12.7. The molecule has 0 fully saturated rings. The maximum atomic E-state index is 12.7. The summed E-state index contributed by atoms with van der Waals surface area (Å²) in [6, 6.07) is 13.8. The molecular formula is C19H21N3O. The van der Waals surface area contributed by atoms with Gasteiger partial charge in [-0.15, -0.1) is 0 Å². The fourth-order valence-corrected chi connectivity index (χ4v) is 2.88. The SMILES string of the molecule is Cc1ccc(-c2nn(C(C)CN)c(=O)c3ccccc23)c(C)c1. The Morgan fingerprint density at radius 1 is 1.13 bits per heavy atom. The molecule has 0 bridgehead atoms. The minimum Gasteiger partial charge on any atom is -0.328 e. The summed E-state index contributed by atoms with van der Waals surface area (Å²) in [5.74, 6) is 0. The molecule has 3 rings (SSSR count). The molecule has 3 aromatic rings. The van der Waals surface area contributed by atoms with Crippen molar-refractivity contribution >= 4 is 10.8 Å². The molecule has 4 heteroatoms. The summed E-state index contributed by atoms with van der Waals surface area (Å²) in [5.41, 5.74) is 9.90. The van der Waals surface area contributed by atoms with Crippen LogP contribution in [0.1, 0.15) is 24.1 Å². The Labute approximate surface area is 135 Å². The van der Waals surface area contributed by atoms with Crippen LogP contribution in [0.4, 0.5) is 0 Å². The average molecular weight is 307 g/mol. The number of aryl methyl sites for hydroxylation is 2. The van der Waals surface area contributed by atoms with E-state index in [-0.39, 0.29) is 11.6 Å². The average Bonchev–Trinajstić information content (AvgIpc) is 2.55. The first kappa shape index (κ1) is 15.4. The van der Waals surface area contributed by atoms with Gasteiger partial charge in [0.15, 0.2) is 0 Å². The summed E-state index contributed by atoms with van der Waals surface area (Å²) in [6.07, 6.45) is 0. The third-order valence-corrected chi connectivity index (χ3v) is 4.22. The first-order valence-electron chi connectivity index (χ1n) is 7.82. The van der Waals surface area contributed by atoms with Gasteiger partial charge in [0.05, 0.1) is 17.1 Å². The first-order valence-corrected chi connectivity index (χ1v) is 7.82. The van der Waals surface area contributed by atoms with Gasteiger partial charge in [-0.2, -0.15) is 5.10 Å². The number of aromatic nitrogens is 2. The van der Waals surface area contributed by atoms with E-state index in [1.165, 1.54) is 10.2 Å². The number of nitrogens with zero attached hydrogens (tertiary/aromatic N) is 2. The van der Waals surface area contributed by atoms with Crippen molar-refractivity contribution in [2.24, 2.45) is 5.73 Å². The van der Waals surface area contributed by atoms with E-state index in [0.29, 0.717) is 11.9 Å². The Kier molecular flexibility index (Phi) is 4.01. The van der Waals surface area contributed by atoms with Crippen molar-refractivity contribution in [2.45, 2.75) is 26.8 Å². The van der Waals surface area contributed by atoms with Gasteiger partial charge in [0.2, 0.25) is 0 Å². The Bertz CT molecular complexity index is 928. The minimum atomic E-state index is -0.142. The third kappa shape index (κ3) is 2.66. The van der Waals surface area contributed by atoms with Gasteiger partial charge in [0.25, 0.3) is 5.56 Å². The van der Waals surface area contributed by atoms with Crippen LogP contribution in [-0.4, -0.2) is 16.3 Å². The van der Waals surface area contributed by atoms with Crippen molar-refractivity contribution in [1.82, 2.24) is 9.78 Å². The lowest BCUT2D eigenvalue weighted by Crippen LogP contribution is -2.30. The van der Waals surface area contributed by atoms with Gasteiger partial charge in [0, 0.05) is 17.5 Å². The molecule has 0 saturated heterocycles. The zero-order valence-electron chi connectivity index (χ0n) is 13.7. The molecule has 23 heavy (non-hydrogen) atoms. The molecule has 1 heterocycles. The van der Waals surface area contributed by atoms with Crippen LogP contribution in [0.25, 0.3) is 22.0 Å². The largest absolute Gasteiger partial charge is 0.328 e. The molecule has 2 aromatic carbocycles. The van der Waals surface area contributed by atoms with Gasteiger partial charge in [-0.25, -0.2) is 4.68 Å². The second-order valence-corrected chi connectivity index (χ2v) is 6.05. The number of hydrogen-bond acceptors (Lipinski definition) is 3. The molecule has 4 nitrogen and oxygen atoms in total. The van der Waals surface area contributed by atoms with Crippen LogP contribution in [-0.2, 0) is 0 Å². The van der Waals surface area contributed by atoms with Crippen molar-refractivity contribution < 1.29 is 0 Å². The summed E-state index contributed by atoms with van der Waals surface area (Å²) in [4.78, 5) is 12.7. The van der Waals surface area contributed by atoms with Crippen molar-refractivity contribution in [3.63, 3.8) is 0 Å². The molecule has 118 valence electrons. The van der Waals surface area contributed by atoms with Crippen molar-refractivity contribution in [2.75, 3.05) is 6.54 Å². The van der Waals surface area contributed by atoms with E-state index < -0.39 is 0 Å². The minimum absolute atomic E-state index is 0.0907. The van der Waals surface area contributed by atoms with Crippen LogP contribution in [0.2, 0.25) is 0 Å². The number of hydrogen-bond donors (Lipinski definition) is 1. The van der Waals surface area contributed by atoms with Crippen LogP contribution in [0.15, 0.2) is 47.3 Å². The molecule has 0 spiro atoms.